The molecule has 2 heterocycles. The largest absolute Gasteiger partial charge is 0.303 e. The van der Waals surface area contributed by atoms with E-state index in [-0.39, 0.29) is 6.04 Å². The Kier molecular flexibility index (Phi) is 3.59. The van der Waals surface area contributed by atoms with Crippen molar-refractivity contribution in [1.82, 2.24) is 20.1 Å². The third-order valence-corrected chi connectivity index (χ3v) is 3.76. The Morgan fingerprint density at radius 2 is 2.24 bits per heavy atom. The minimum Gasteiger partial charge on any atom is -0.303 e. The van der Waals surface area contributed by atoms with E-state index in [1.54, 1.807) is 11.3 Å². The second-order valence-electron chi connectivity index (χ2n) is 4.22. The maximum atomic E-state index is 4.57. The summed E-state index contributed by atoms with van der Waals surface area (Å²) >= 11 is 1.76. The first kappa shape index (κ1) is 12.3. The summed E-state index contributed by atoms with van der Waals surface area (Å²) in [5.74, 6) is 0. The third-order valence-electron chi connectivity index (χ3n) is 2.86. The van der Waals surface area contributed by atoms with Crippen LogP contribution < -0.4 is 5.32 Å². The van der Waals surface area contributed by atoms with Crippen LogP contribution in [0.15, 0.2) is 12.3 Å². The number of nitrogens with zero attached hydrogens (tertiary/aromatic N) is 3. The fourth-order valence-electron chi connectivity index (χ4n) is 1.88. The van der Waals surface area contributed by atoms with Gasteiger partial charge in [0.25, 0.3) is 0 Å². The zero-order valence-corrected chi connectivity index (χ0v) is 11.5. The average Bonchev–Trinajstić information content (AvgIpc) is 2.81. The quantitative estimate of drug-likeness (QED) is 0.905. The zero-order valence-electron chi connectivity index (χ0n) is 10.7. The summed E-state index contributed by atoms with van der Waals surface area (Å²) in [6, 6.07) is 2.30. The van der Waals surface area contributed by atoms with Crippen LogP contribution in [0.2, 0.25) is 0 Å². The Hall–Kier alpha value is -1.20. The van der Waals surface area contributed by atoms with Gasteiger partial charge in [0.1, 0.15) is 0 Å². The molecule has 1 atom stereocenters. The van der Waals surface area contributed by atoms with E-state index in [1.807, 2.05) is 24.0 Å². The van der Waals surface area contributed by atoms with Crippen molar-refractivity contribution in [3.8, 4) is 0 Å². The molecule has 0 bridgehead atoms. The van der Waals surface area contributed by atoms with Crippen molar-refractivity contribution in [1.29, 1.82) is 0 Å². The minimum atomic E-state index is 0.273. The molecule has 0 aliphatic rings. The van der Waals surface area contributed by atoms with Crippen molar-refractivity contribution in [2.75, 3.05) is 0 Å². The second-order valence-corrected chi connectivity index (χ2v) is 5.63. The molecule has 0 saturated carbocycles. The molecule has 4 nitrogen and oxygen atoms in total. The molecule has 0 radical (unpaired) electrons. The smallest absolute Gasteiger partial charge is 0.0900 e. The number of hydrogen-bond acceptors (Lipinski definition) is 4. The molecule has 0 aromatic carbocycles. The van der Waals surface area contributed by atoms with Gasteiger partial charge < -0.3 is 5.32 Å². The Bertz CT molecular complexity index is 500. The Morgan fingerprint density at radius 3 is 2.76 bits per heavy atom. The molecule has 2 rings (SSSR count). The van der Waals surface area contributed by atoms with Gasteiger partial charge in [-0.05, 0) is 26.8 Å². The monoisotopic (exact) mass is 250 g/mol. The molecule has 0 aliphatic carbocycles. The summed E-state index contributed by atoms with van der Waals surface area (Å²) in [7, 11) is 1.96. The lowest BCUT2D eigenvalue weighted by molar-refractivity contribution is 0.538. The normalized spacial score (nSPS) is 12.9. The van der Waals surface area contributed by atoms with Gasteiger partial charge in [-0.2, -0.15) is 5.10 Å². The highest BCUT2D eigenvalue weighted by molar-refractivity contribution is 7.11. The first-order chi connectivity index (χ1) is 8.08. The van der Waals surface area contributed by atoms with Crippen LogP contribution in [0.4, 0.5) is 0 Å². The van der Waals surface area contributed by atoms with Crippen LogP contribution in [0.25, 0.3) is 0 Å². The van der Waals surface area contributed by atoms with E-state index in [0.29, 0.717) is 0 Å². The fourth-order valence-corrected chi connectivity index (χ4v) is 2.79. The lowest BCUT2D eigenvalue weighted by atomic mass is 10.2. The molecule has 1 N–H and O–H groups in total. The average molecular weight is 250 g/mol. The molecule has 0 amide bonds. The molecule has 17 heavy (non-hydrogen) atoms. The van der Waals surface area contributed by atoms with Crippen molar-refractivity contribution in [2.24, 2.45) is 7.05 Å². The number of rotatable bonds is 4. The van der Waals surface area contributed by atoms with E-state index >= 15 is 0 Å². The molecular weight excluding hydrogens is 232 g/mol. The zero-order chi connectivity index (χ0) is 12.4. The SMILES string of the molecule is Cc1nc(C(C)NCc2ccnn2C)c(C)s1. The molecule has 1 unspecified atom stereocenters. The van der Waals surface area contributed by atoms with E-state index in [0.717, 1.165) is 17.2 Å². The lowest BCUT2D eigenvalue weighted by Gasteiger charge is -2.12. The van der Waals surface area contributed by atoms with Crippen LogP contribution in [0.1, 0.15) is 34.2 Å². The Balaban J connectivity index is 2.00. The number of aromatic nitrogens is 3. The van der Waals surface area contributed by atoms with Crippen molar-refractivity contribution in [3.63, 3.8) is 0 Å². The van der Waals surface area contributed by atoms with Crippen LogP contribution in [0, 0.1) is 13.8 Å². The highest BCUT2D eigenvalue weighted by Crippen LogP contribution is 2.22. The molecule has 2 aromatic heterocycles. The predicted molar refractivity (Wildman–Crippen MR) is 70.1 cm³/mol. The standard InChI is InChI=1S/C12H18N4S/c1-8(12-9(2)17-10(3)15-12)13-7-11-5-6-14-16(11)4/h5-6,8,13H,7H2,1-4H3. The van der Waals surface area contributed by atoms with Crippen LogP contribution >= 0.6 is 11.3 Å². The van der Waals surface area contributed by atoms with E-state index in [4.69, 9.17) is 0 Å². The maximum absolute atomic E-state index is 4.57. The van der Waals surface area contributed by atoms with E-state index in [2.05, 4.69) is 36.2 Å². The predicted octanol–water partition coefficient (Wildman–Crippen LogP) is 2.34. The van der Waals surface area contributed by atoms with Gasteiger partial charge in [-0.15, -0.1) is 11.3 Å². The highest BCUT2D eigenvalue weighted by atomic mass is 32.1. The topological polar surface area (TPSA) is 42.7 Å². The van der Waals surface area contributed by atoms with Crippen molar-refractivity contribution in [3.05, 3.63) is 33.5 Å². The Morgan fingerprint density at radius 1 is 1.47 bits per heavy atom. The van der Waals surface area contributed by atoms with E-state index in [1.165, 1.54) is 10.6 Å². The number of aryl methyl sites for hydroxylation is 3. The van der Waals surface area contributed by atoms with Crippen LogP contribution in [0.5, 0.6) is 0 Å². The van der Waals surface area contributed by atoms with Gasteiger partial charge in [-0.1, -0.05) is 0 Å². The van der Waals surface area contributed by atoms with Gasteiger partial charge in [0, 0.05) is 30.7 Å². The Labute approximate surface area is 106 Å². The molecule has 0 saturated heterocycles. The number of hydrogen-bond donors (Lipinski definition) is 1. The summed E-state index contributed by atoms with van der Waals surface area (Å²) in [4.78, 5) is 5.86. The first-order valence-electron chi connectivity index (χ1n) is 5.72. The second kappa shape index (κ2) is 4.98. The van der Waals surface area contributed by atoms with Gasteiger partial charge in [-0.3, -0.25) is 4.68 Å². The summed E-state index contributed by atoms with van der Waals surface area (Å²) in [5.41, 5.74) is 2.34. The van der Waals surface area contributed by atoms with E-state index in [9.17, 15) is 0 Å². The molecule has 2 aromatic rings. The molecule has 0 fully saturated rings. The lowest BCUT2D eigenvalue weighted by Crippen LogP contribution is -2.20. The van der Waals surface area contributed by atoms with E-state index < -0.39 is 0 Å². The highest BCUT2D eigenvalue weighted by Gasteiger charge is 2.12. The van der Waals surface area contributed by atoms with Crippen LogP contribution in [0.3, 0.4) is 0 Å². The number of nitrogens with one attached hydrogen (secondary N) is 1. The van der Waals surface area contributed by atoms with Gasteiger partial charge >= 0.3 is 0 Å². The molecule has 0 aliphatic heterocycles. The van der Waals surface area contributed by atoms with Gasteiger partial charge in [-0.25, -0.2) is 4.98 Å². The molecular formula is C12H18N4S. The fraction of sp³-hybridized carbons (Fsp3) is 0.500. The number of thiazole rings is 1. The molecule has 5 heteroatoms. The molecule has 0 spiro atoms. The summed E-state index contributed by atoms with van der Waals surface area (Å²) in [6.45, 7) is 7.14. The third kappa shape index (κ3) is 2.73. The van der Waals surface area contributed by atoms with Crippen LogP contribution in [-0.2, 0) is 13.6 Å². The summed E-state index contributed by atoms with van der Waals surface area (Å²) in [5, 5.41) is 8.76. The minimum absolute atomic E-state index is 0.273. The van der Waals surface area contributed by atoms with Gasteiger partial charge in [0.05, 0.1) is 16.4 Å². The molecule has 92 valence electrons. The first-order valence-corrected chi connectivity index (χ1v) is 6.53. The summed E-state index contributed by atoms with van der Waals surface area (Å²) in [6.07, 6.45) is 1.82. The van der Waals surface area contributed by atoms with Crippen LogP contribution in [-0.4, -0.2) is 14.8 Å². The van der Waals surface area contributed by atoms with Crippen molar-refractivity contribution in [2.45, 2.75) is 33.4 Å². The maximum Gasteiger partial charge on any atom is 0.0900 e. The van der Waals surface area contributed by atoms with Crippen molar-refractivity contribution >= 4 is 11.3 Å². The van der Waals surface area contributed by atoms with Crippen molar-refractivity contribution < 1.29 is 0 Å². The summed E-state index contributed by atoms with van der Waals surface area (Å²) < 4.78 is 1.89. The van der Waals surface area contributed by atoms with Gasteiger partial charge in [0.15, 0.2) is 0 Å². The van der Waals surface area contributed by atoms with Gasteiger partial charge in [0.2, 0.25) is 0 Å².